The standard InChI is InChI=1S/C14H22N2O2/c1-9(2)14(6-7-14)8-10(17)11-15-12(18-16-11)13(3,4)5/h9H,6-8H2,1-5H3. The summed E-state index contributed by atoms with van der Waals surface area (Å²) in [7, 11) is 0. The number of carbonyl (C=O) groups is 1. The van der Waals surface area contributed by atoms with Crippen molar-refractivity contribution in [3.8, 4) is 0 Å². The largest absolute Gasteiger partial charge is 0.338 e. The molecule has 0 saturated heterocycles. The van der Waals surface area contributed by atoms with Crippen molar-refractivity contribution in [3.05, 3.63) is 11.7 Å². The van der Waals surface area contributed by atoms with Crippen molar-refractivity contribution < 1.29 is 9.32 Å². The molecule has 1 heterocycles. The van der Waals surface area contributed by atoms with E-state index in [0.29, 0.717) is 18.2 Å². The molecule has 4 nitrogen and oxygen atoms in total. The van der Waals surface area contributed by atoms with Crippen molar-refractivity contribution in [2.24, 2.45) is 11.3 Å². The smallest absolute Gasteiger partial charge is 0.238 e. The average molecular weight is 250 g/mol. The summed E-state index contributed by atoms with van der Waals surface area (Å²) in [5.74, 6) is 1.32. The van der Waals surface area contributed by atoms with Crippen LogP contribution in [0.15, 0.2) is 4.52 Å². The SMILES string of the molecule is CC(C)C1(CC(=O)c2noc(C(C)(C)C)n2)CC1. The van der Waals surface area contributed by atoms with E-state index in [0.717, 1.165) is 12.8 Å². The fraction of sp³-hybridized carbons (Fsp3) is 0.786. The fourth-order valence-corrected chi connectivity index (χ4v) is 2.16. The number of carbonyl (C=O) groups excluding carboxylic acids is 1. The fourth-order valence-electron chi connectivity index (χ4n) is 2.16. The Morgan fingerprint density at radius 3 is 2.39 bits per heavy atom. The molecule has 1 aliphatic rings. The summed E-state index contributed by atoms with van der Waals surface area (Å²) in [6.45, 7) is 10.3. The molecule has 0 radical (unpaired) electrons. The molecule has 1 saturated carbocycles. The molecule has 1 fully saturated rings. The lowest BCUT2D eigenvalue weighted by atomic mass is 9.87. The Hall–Kier alpha value is -1.19. The summed E-state index contributed by atoms with van der Waals surface area (Å²) < 4.78 is 5.16. The quantitative estimate of drug-likeness (QED) is 0.769. The van der Waals surface area contributed by atoms with Gasteiger partial charge in [-0.15, -0.1) is 0 Å². The van der Waals surface area contributed by atoms with Gasteiger partial charge in [0.25, 0.3) is 0 Å². The van der Waals surface area contributed by atoms with Gasteiger partial charge in [-0.2, -0.15) is 4.98 Å². The van der Waals surface area contributed by atoms with Crippen molar-refractivity contribution in [2.45, 2.75) is 59.3 Å². The van der Waals surface area contributed by atoms with Gasteiger partial charge in [0.05, 0.1) is 0 Å². The lowest BCUT2D eigenvalue weighted by Crippen LogP contribution is -2.17. The maximum atomic E-state index is 12.2. The zero-order valence-corrected chi connectivity index (χ0v) is 11.9. The number of hydrogen-bond donors (Lipinski definition) is 0. The van der Waals surface area contributed by atoms with E-state index in [9.17, 15) is 4.79 Å². The predicted octanol–water partition coefficient (Wildman–Crippen LogP) is 3.38. The van der Waals surface area contributed by atoms with Gasteiger partial charge in [-0.05, 0) is 24.2 Å². The number of nitrogens with zero attached hydrogens (tertiary/aromatic N) is 2. The molecule has 0 amide bonds. The summed E-state index contributed by atoms with van der Waals surface area (Å²) in [6, 6.07) is 0. The lowest BCUT2D eigenvalue weighted by Gasteiger charge is -2.17. The maximum Gasteiger partial charge on any atom is 0.238 e. The molecule has 1 aromatic heterocycles. The first-order valence-electron chi connectivity index (χ1n) is 6.62. The molecule has 1 aliphatic carbocycles. The molecule has 0 bridgehead atoms. The van der Waals surface area contributed by atoms with Crippen LogP contribution < -0.4 is 0 Å². The van der Waals surface area contributed by atoms with Gasteiger partial charge in [0.1, 0.15) is 0 Å². The minimum Gasteiger partial charge on any atom is -0.338 e. The van der Waals surface area contributed by atoms with Gasteiger partial charge in [-0.3, -0.25) is 4.79 Å². The molecule has 0 N–H and O–H groups in total. The van der Waals surface area contributed by atoms with E-state index in [2.05, 4.69) is 24.0 Å². The highest BCUT2D eigenvalue weighted by molar-refractivity contribution is 5.93. The first-order chi connectivity index (χ1) is 8.24. The van der Waals surface area contributed by atoms with Crippen LogP contribution in [0.5, 0.6) is 0 Å². The van der Waals surface area contributed by atoms with Crippen LogP contribution in [0.4, 0.5) is 0 Å². The van der Waals surface area contributed by atoms with Crippen LogP contribution in [-0.2, 0) is 5.41 Å². The normalized spacial score (nSPS) is 18.1. The van der Waals surface area contributed by atoms with E-state index >= 15 is 0 Å². The Labute approximate surface area is 108 Å². The number of Topliss-reactive ketones (excluding diaryl/α,β-unsaturated/α-hetero) is 1. The average Bonchev–Trinajstić information content (AvgIpc) is 2.85. The second kappa shape index (κ2) is 4.18. The van der Waals surface area contributed by atoms with Crippen molar-refractivity contribution >= 4 is 5.78 Å². The van der Waals surface area contributed by atoms with E-state index < -0.39 is 0 Å². The van der Waals surface area contributed by atoms with Gasteiger partial charge in [-0.25, -0.2) is 0 Å². The molecule has 0 spiro atoms. The second-order valence-corrected chi connectivity index (χ2v) is 6.79. The van der Waals surface area contributed by atoms with Gasteiger partial charge >= 0.3 is 0 Å². The minimum absolute atomic E-state index is 0.0143. The third-order valence-electron chi connectivity index (χ3n) is 3.95. The molecule has 18 heavy (non-hydrogen) atoms. The lowest BCUT2D eigenvalue weighted by molar-refractivity contribution is 0.0925. The molecule has 0 atom stereocenters. The van der Waals surface area contributed by atoms with Gasteiger partial charge in [0.2, 0.25) is 17.5 Å². The van der Waals surface area contributed by atoms with E-state index in [1.54, 1.807) is 0 Å². The van der Waals surface area contributed by atoms with Crippen LogP contribution in [-0.4, -0.2) is 15.9 Å². The van der Waals surface area contributed by atoms with Crippen molar-refractivity contribution in [1.82, 2.24) is 10.1 Å². The highest BCUT2D eigenvalue weighted by atomic mass is 16.5. The zero-order chi connectivity index (χ0) is 13.6. The predicted molar refractivity (Wildman–Crippen MR) is 68.5 cm³/mol. The molecule has 100 valence electrons. The van der Waals surface area contributed by atoms with Crippen LogP contribution in [0.3, 0.4) is 0 Å². The van der Waals surface area contributed by atoms with E-state index in [-0.39, 0.29) is 22.4 Å². The van der Waals surface area contributed by atoms with Crippen LogP contribution >= 0.6 is 0 Å². The first kappa shape index (κ1) is 13.2. The Morgan fingerprint density at radius 2 is 2.00 bits per heavy atom. The third-order valence-corrected chi connectivity index (χ3v) is 3.95. The number of aromatic nitrogens is 2. The Balaban J connectivity index is 2.09. The summed E-state index contributed by atoms with van der Waals surface area (Å²) >= 11 is 0. The highest BCUT2D eigenvalue weighted by Gasteiger charge is 2.47. The Kier molecular flexibility index (Phi) is 3.07. The zero-order valence-electron chi connectivity index (χ0n) is 11.9. The minimum atomic E-state index is -0.207. The molecule has 0 aliphatic heterocycles. The summed E-state index contributed by atoms with van der Waals surface area (Å²) in [4.78, 5) is 16.4. The summed E-state index contributed by atoms with van der Waals surface area (Å²) in [5, 5.41) is 3.82. The third kappa shape index (κ3) is 2.47. The Bertz CT molecular complexity index is 451. The van der Waals surface area contributed by atoms with Crippen molar-refractivity contribution in [2.75, 3.05) is 0 Å². The topological polar surface area (TPSA) is 56.0 Å². The maximum absolute atomic E-state index is 12.2. The molecular formula is C14H22N2O2. The molecule has 2 rings (SSSR count). The van der Waals surface area contributed by atoms with Crippen LogP contribution in [0.2, 0.25) is 0 Å². The Morgan fingerprint density at radius 1 is 1.39 bits per heavy atom. The number of hydrogen-bond acceptors (Lipinski definition) is 4. The van der Waals surface area contributed by atoms with Gasteiger partial charge in [-0.1, -0.05) is 39.8 Å². The number of rotatable bonds is 4. The molecule has 0 aromatic carbocycles. The van der Waals surface area contributed by atoms with Crippen molar-refractivity contribution in [3.63, 3.8) is 0 Å². The summed E-state index contributed by atoms with van der Waals surface area (Å²) in [5.41, 5.74) is -0.0134. The van der Waals surface area contributed by atoms with Crippen LogP contribution in [0.25, 0.3) is 0 Å². The first-order valence-corrected chi connectivity index (χ1v) is 6.62. The van der Waals surface area contributed by atoms with Crippen LogP contribution in [0, 0.1) is 11.3 Å². The molecular weight excluding hydrogens is 228 g/mol. The van der Waals surface area contributed by atoms with Crippen molar-refractivity contribution in [1.29, 1.82) is 0 Å². The van der Waals surface area contributed by atoms with Gasteiger partial charge in [0.15, 0.2) is 0 Å². The summed E-state index contributed by atoms with van der Waals surface area (Å²) in [6.07, 6.45) is 2.83. The van der Waals surface area contributed by atoms with E-state index in [1.165, 1.54) is 0 Å². The monoisotopic (exact) mass is 250 g/mol. The van der Waals surface area contributed by atoms with Crippen LogP contribution in [0.1, 0.15) is 70.4 Å². The highest BCUT2D eigenvalue weighted by Crippen LogP contribution is 2.55. The molecule has 0 unspecified atom stereocenters. The van der Waals surface area contributed by atoms with E-state index in [4.69, 9.17) is 4.52 Å². The van der Waals surface area contributed by atoms with Gasteiger partial charge in [0, 0.05) is 11.8 Å². The molecule has 4 heteroatoms. The van der Waals surface area contributed by atoms with E-state index in [1.807, 2.05) is 20.8 Å². The number of ketones is 1. The van der Waals surface area contributed by atoms with Gasteiger partial charge < -0.3 is 4.52 Å². The second-order valence-electron chi connectivity index (χ2n) is 6.79. The molecule has 1 aromatic rings.